The lowest BCUT2D eigenvalue weighted by atomic mass is 9.89. The van der Waals surface area contributed by atoms with Gasteiger partial charge in [0, 0.05) is 18.3 Å². The summed E-state index contributed by atoms with van der Waals surface area (Å²) in [6.45, 7) is 0.751. The molecule has 2 fully saturated rings. The molecule has 2 aliphatic heterocycles. The summed E-state index contributed by atoms with van der Waals surface area (Å²) < 4.78 is 11.0. The number of rotatable bonds is 7. The van der Waals surface area contributed by atoms with Crippen LogP contribution in [0.3, 0.4) is 0 Å². The van der Waals surface area contributed by atoms with Crippen molar-refractivity contribution >= 4 is 17.4 Å². The number of aliphatic imine (C=N–C) groups is 1. The summed E-state index contributed by atoms with van der Waals surface area (Å²) in [5.41, 5.74) is 5.62. The van der Waals surface area contributed by atoms with Gasteiger partial charge in [-0.05, 0) is 55.9 Å². The zero-order valence-electron chi connectivity index (χ0n) is 20.3. The maximum absolute atomic E-state index is 13.2. The molecule has 0 atom stereocenters. The van der Waals surface area contributed by atoms with Crippen molar-refractivity contribution in [2.24, 2.45) is 16.3 Å². The van der Waals surface area contributed by atoms with E-state index in [1.807, 2.05) is 35.5 Å². The Morgan fingerprint density at radius 3 is 2.71 bits per heavy atom. The molecule has 0 unspecified atom stereocenters. The van der Waals surface area contributed by atoms with Crippen molar-refractivity contribution < 1.29 is 14.3 Å². The zero-order valence-corrected chi connectivity index (χ0v) is 20.3. The first-order valence-corrected chi connectivity index (χ1v) is 12.3. The summed E-state index contributed by atoms with van der Waals surface area (Å²) in [5.74, 6) is 2.36. The Hall–Kier alpha value is -3.73. The highest BCUT2D eigenvalue weighted by molar-refractivity contribution is 6.05. The maximum atomic E-state index is 13.2. The summed E-state index contributed by atoms with van der Waals surface area (Å²) in [6.07, 6.45) is 13.4. The van der Waals surface area contributed by atoms with Crippen LogP contribution in [0.1, 0.15) is 56.1 Å². The Balaban J connectivity index is 1.37. The van der Waals surface area contributed by atoms with Gasteiger partial charge in [0.15, 0.2) is 11.6 Å². The molecule has 0 bridgehead atoms. The van der Waals surface area contributed by atoms with E-state index in [2.05, 4.69) is 16.8 Å². The number of carbonyl (C=O) groups is 1. The van der Waals surface area contributed by atoms with Gasteiger partial charge in [-0.1, -0.05) is 25.3 Å². The number of nitriles is 1. The van der Waals surface area contributed by atoms with Crippen molar-refractivity contribution in [2.45, 2.75) is 44.9 Å². The summed E-state index contributed by atoms with van der Waals surface area (Å²) in [7, 11) is 3.16. The Morgan fingerprint density at radius 1 is 1.23 bits per heavy atom. The van der Waals surface area contributed by atoms with Gasteiger partial charge in [-0.15, -0.1) is 0 Å². The summed E-state index contributed by atoms with van der Waals surface area (Å²) in [4.78, 5) is 18.2. The van der Waals surface area contributed by atoms with Crippen LogP contribution in [0.5, 0.6) is 5.75 Å². The van der Waals surface area contributed by atoms with Gasteiger partial charge in [-0.3, -0.25) is 10.2 Å². The molecule has 4 aliphatic rings. The number of allylic oxidation sites excluding steroid dienone is 2. The fraction of sp³-hybridized carbons (Fsp3) is 0.444. The first-order chi connectivity index (χ1) is 17.1. The van der Waals surface area contributed by atoms with Gasteiger partial charge >= 0.3 is 0 Å². The molecule has 2 saturated carbocycles. The average molecular weight is 474 g/mol. The van der Waals surface area contributed by atoms with Crippen LogP contribution in [-0.4, -0.2) is 37.5 Å². The molecule has 5 rings (SSSR count). The number of methoxy groups -OCH3 is 2. The second-order valence-electron chi connectivity index (χ2n) is 9.54. The van der Waals surface area contributed by atoms with Crippen LogP contribution >= 0.6 is 0 Å². The number of nitrogens with zero attached hydrogens (tertiary/aromatic N) is 3. The molecule has 8 nitrogen and oxygen atoms in total. The first kappa shape index (κ1) is 23.0. The maximum Gasteiger partial charge on any atom is 0.232 e. The van der Waals surface area contributed by atoms with Crippen LogP contribution in [0.4, 0.5) is 0 Å². The van der Waals surface area contributed by atoms with Crippen LogP contribution < -0.4 is 15.5 Å². The van der Waals surface area contributed by atoms with Crippen molar-refractivity contribution in [1.29, 1.82) is 5.26 Å². The molecule has 1 amide bonds. The van der Waals surface area contributed by atoms with Crippen LogP contribution in [0.15, 0.2) is 53.0 Å². The minimum Gasteiger partial charge on any atom is -0.495 e. The minimum atomic E-state index is -0.585. The fourth-order valence-electron chi connectivity index (χ4n) is 5.13. The number of amidine groups is 1. The summed E-state index contributed by atoms with van der Waals surface area (Å²) in [6, 6.07) is 7.58. The number of hydrazine groups is 1. The van der Waals surface area contributed by atoms with E-state index >= 15 is 0 Å². The van der Waals surface area contributed by atoms with Crippen molar-refractivity contribution in [1.82, 2.24) is 15.8 Å². The number of amides is 1. The molecule has 0 spiro atoms. The van der Waals surface area contributed by atoms with Gasteiger partial charge in [0.2, 0.25) is 5.91 Å². The smallest absolute Gasteiger partial charge is 0.232 e. The lowest BCUT2D eigenvalue weighted by Crippen LogP contribution is -2.45. The molecule has 1 aromatic carbocycles. The van der Waals surface area contributed by atoms with Gasteiger partial charge in [0.1, 0.15) is 11.8 Å². The van der Waals surface area contributed by atoms with E-state index < -0.39 is 5.41 Å². The average Bonchev–Trinajstić information content (AvgIpc) is 3.73. The lowest BCUT2D eigenvalue weighted by molar-refractivity contribution is -0.125. The highest BCUT2D eigenvalue weighted by Gasteiger charge is 2.54. The highest BCUT2D eigenvalue weighted by Crippen LogP contribution is 2.53. The molecule has 182 valence electrons. The number of hydrogen-bond acceptors (Lipinski definition) is 7. The Bertz CT molecular complexity index is 1180. The van der Waals surface area contributed by atoms with Gasteiger partial charge in [0.05, 0.1) is 36.6 Å². The zero-order chi connectivity index (χ0) is 24.4. The third-order valence-corrected chi connectivity index (χ3v) is 7.41. The lowest BCUT2D eigenvalue weighted by Gasteiger charge is -2.35. The van der Waals surface area contributed by atoms with E-state index in [1.165, 1.54) is 32.1 Å². The van der Waals surface area contributed by atoms with Gasteiger partial charge < -0.3 is 14.8 Å². The predicted octanol–water partition coefficient (Wildman–Crippen LogP) is 3.99. The topological polar surface area (TPSA) is 99.0 Å². The molecule has 0 aromatic heterocycles. The van der Waals surface area contributed by atoms with E-state index in [9.17, 15) is 10.1 Å². The van der Waals surface area contributed by atoms with E-state index in [0.29, 0.717) is 28.8 Å². The second kappa shape index (κ2) is 9.49. The van der Waals surface area contributed by atoms with Crippen LogP contribution in [-0.2, 0) is 9.53 Å². The van der Waals surface area contributed by atoms with E-state index in [0.717, 1.165) is 36.3 Å². The number of hydrogen-bond donors (Lipinski definition) is 2. The Morgan fingerprint density at radius 2 is 2.03 bits per heavy atom. The third-order valence-electron chi connectivity index (χ3n) is 7.41. The van der Waals surface area contributed by atoms with Gasteiger partial charge in [-0.2, -0.15) is 5.26 Å². The number of fused-ring (bicyclic) bond motifs is 1. The Kier molecular flexibility index (Phi) is 6.25. The molecule has 8 heteroatoms. The van der Waals surface area contributed by atoms with E-state index in [-0.39, 0.29) is 5.91 Å². The van der Waals surface area contributed by atoms with Crippen LogP contribution in [0.2, 0.25) is 0 Å². The number of ether oxygens (including phenoxy) is 2. The highest BCUT2D eigenvalue weighted by atomic mass is 16.5. The van der Waals surface area contributed by atoms with Crippen LogP contribution in [0, 0.1) is 22.7 Å². The monoisotopic (exact) mass is 473 g/mol. The number of benzene rings is 1. The van der Waals surface area contributed by atoms with Crippen molar-refractivity contribution in [3.63, 3.8) is 0 Å². The molecule has 2 N–H and O–H groups in total. The minimum absolute atomic E-state index is 0.0697. The second-order valence-corrected chi connectivity index (χ2v) is 9.54. The quantitative estimate of drug-likeness (QED) is 0.621. The first-order valence-electron chi connectivity index (χ1n) is 12.3. The molecule has 35 heavy (non-hydrogen) atoms. The van der Waals surface area contributed by atoms with Gasteiger partial charge in [0.25, 0.3) is 0 Å². The molecule has 2 heterocycles. The third kappa shape index (κ3) is 4.27. The molecule has 2 aliphatic carbocycles. The van der Waals surface area contributed by atoms with Crippen molar-refractivity contribution in [3.05, 3.63) is 59.1 Å². The van der Waals surface area contributed by atoms with Crippen molar-refractivity contribution in [3.8, 4) is 11.8 Å². The van der Waals surface area contributed by atoms with E-state index in [4.69, 9.17) is 14.5 Å². The van der Waals surface area contributed by atoms with Crippen molar-refractivity contribution in [2.75, 3.05) is 20.8 Å². The predicted molar refractivity (Wildman–Crippen MR) is 133 cm³/mol. The molecule has 1 aromatic rings. The molecule has 0 radical (unpaired) electrons. The normalized spacial score (nSPS) is 20.7. The number of nitrogens with one attached hydrogen (secondary N) is 2. The summed E-state index contributed by atoms with van der Waals surface area (Å²) in [5, 5.41) is 14.4. The largest absolute Gasteiger partial charge is 0.495 e. The van der Waals surface area contributed by atoms with E-state index in [1.54, 1.807) is 20.3 Å². The summed E-state index contributed by atoms with van der Waals surface area (Å²) >= 11 is 0. The molecular weight excluding hydrogens is 442 g/mol. The SMILES string of the molecule is COC1=CC=C(c2ccc(C#N)c(OC)c2)N2NC=C(C3(C(=O)NCC4CCCCC4)CC3)N=C12. The number of carbonyl (C=O) groups excluding carboxylic acids is 1. The van der Waals surface area contributed by atoms with Gasteiger partial charge in [-0.25, -0.2) is 10.0 Å². The Labute approximate surface area is 206 Å². The molecule has 0 saturated heterocycles. The standard InChI is InChI=1S/C27H31N5O3/c1-34-22-11-10-21(19-8-9-20(15-28)23(14-19)35-2)32-25(22)31-24(17-30-32)27(12-13-27)26(33)29-16-18-6-4-3-5-7-18/h8-11,14,17-18,30H,3-7,12-13,16H2,1-2H3,(H,29,33). The van der Waals surface area contributed by atoms with Crippen LogP contribution in [0.25, 0.3) is 5.70 Å². The molecular formula is C27H31N5O3. The fourth-order valence-corrected chi connectivity index (χ4v) is 5.13.